The highest BCUT2D eigenvalue weighted by atomic mass is 16.5. The maximum atomic E-state index is 12.5. The third-order valence-electron chi connectivity index (χ3n) is 3.73. The minimum Gasteiger partial charge on any atom is -0.496 e. The fourth-order valence-corrected chi connectivity index (χ4v) is 2.07. The van der Waals surface area contributed by atoms with E-state index in [0.717, 1.165) is 6.42 Å². The van der Waals surface area contributed by atoms with Gasteiger partial charge in [-0.1, -0.05) is 13.8 Å². The fourth-order valence-electron chi connectivity index (χ4n) is 2.07. The first-order valence-electron chi connectivity index (χ1n) is 8.22. The molecule has 0 aliphatic heterocycles. The number of hydrogen-bond acceptors (Lipinski definition) is 5. The van der Waals surface area contributed by atoms with Crippen LogP contribution in [0.15, 0.2) is 18.2 Å². The van der Waals surface area contributed by atoms with Crippen LogP contribution in [0, 0.1) is 0 Å². The fraction of sp³-hybridized carbons (Fsp3) is 0.556. The van der Waals surface area contributed by atoms with Crippen molar-refractivity contribution in [2.75, 3.05) is 25.6 Å². The zero-order chi connectivity index (χ0) is 18.2. The average Bonchev–Trinajstić information content (AvgIpc) is 2.59. The van der Waals surface area contributed by atoms with Gasteiger partial charge in [-0.3, -0.25) is 4.79 Å². The number of rotatable bonds is 9. The molecule has 1 amide bonds. The van der Waals surface area contributed by atoms with E-state index in [1.54, 1.807) is 32.0 Å². The van der Waals surface area contributed by atoms with Gasteiger partial charge in [-0.15, -0.1) is 0 Å². The van der Waals surface area contributed by atoms with Crippen molar-refractivity contribution in [1.29, 1.82) is 0 Å². The molecule has 0 saturated heterocycles. The molecule has 1 N–H and O–H groups in total. The van der Waals surface area contributed by atoms with Gasteiger partial charge in [0.15, 0.2) is 0 Å². The van der Waals surface area contributed by atoms with Crippen molar-refractivity contribution >= 4 is 17.6 Å². The summed E-state index contributed by atoms with van der Waals surface area (Å²) in [6.07, 6.45) is 1.37. The lowest BCUT2D eigenvalue weighted by Gasteiger charge is -2.27. The summed E-state index contributed by atoms with van der Waals surface area (Å²) in [6, 6.07) is 4.85. The molecule has 0 aliphatic carbocycles. The molecule has 0 bridgehead atoms. The minimum absolute atomic E-state index is 0.251. The summed E-state index contributed by atoms with van der Waals surface area (Å²) in [7, 11) is 1.48. The van der Waals surface area contributed by atoms with Crippen molar-refractivity contribution < 1.29 is 23.8 Å². The molecule has 1 aromatic carbocycles. The van der Waals surface area contributed by atoms with Crippen LogP contribution in [-0.2, 0) is 14.3 Å². The Kier molecular flexibility index (Phi) is 7.71. The Labute approximate surface area is 143 Å². The van der Waals surface area contributed by atoms with Crippen LogP contribution in [0.5, 0.6) is 5.75 Å². The topological polar surface area (TPSA) is 73.9 Å². The van der Waals surface area contributed by atoms with E-state index in [9.17, 15) is 9.59 Å². The van der Waals surface area contributed by atoms with E-state index in [1.165, 1.54) is 7.11 Å². The Hall–Kier alpha value is -2.08. The van der Waals surface area contributed by atoms with Crippen LogP contribution in [0.1, 0.15) is 50.9 Å². The van der Waals surface area contributed by atoms with Crippen LogP contribution in [0.25, 0.3) is 0 Å². The third kappa shape index (κ3) is 4.96. The Bertz CT molecular complexity index is 573. The summed E-state index contributed by atoms with van der Waals surface area (Å²) in [6.45, 7) is 8.14. The van der Waals surface area contributed by atoms with Gasteiger partial charge in [-0.25, -0.2) is 4.79 Å². The number of benzene rings is 1. The van der Waals surface area contributed by atoms with E-state index < -0.39 is 11.6 Å². The van der Waals surface area contributed by atoms with Gasteiger partial charge in [0.2, 0.25) is 0 Å². The molecule has 0 aromatic heterocycles. The summed E-state index contributed by atoms with van der Waals surface area (Å²) >= 11 is 0. The van der Waals surface area contributed by atoms with Gasteiger partial charge in [0.25, 0.3) is 5.91 Å². The van der Waals surface area contributed by atoms with Crippen molar-refractivity contribution in [3.63, 3.8) is 0 Å². The summed E-state index contributed by atoms with van der Waals surface area (Å²) < 4.78 is 15.9. The van der Waals surface area contributed by atoms with Crippen molar-refractivity contribution in [3.05, 3.63) is 23.8 Å². The minimum atomic E-state index is -0.917. The van der Waals surface area contributed by atoms with Crippen LogP contribution in [0.2, 0.25) is 0 Å². The highest BCUT2D eigenvalue weighted by Crippen LogP contribution is 2.25. The largest absolute Gasteiger partial charge is 0.496 e. The Morgan fingerprint density at radius 1 is 1.21 bits per heavy atom. The summed E-state index contributed by atoms with van der Waals surface area (Å²) in [5, 5.41) is 2.80. The molecule has 24 heavy (non-hydrogen) atoms. The normalized spacial score (nSPS) is 13.0. The molecule has 6 nitrogen and oxygen atoms in total. The molecular formula is C18H27NO5. The Morgan fingerprint density at radius 2 is 1.92 bits per heavy atom. The smallest absolute Gasteiger partial charge is 0.341 e. The van der Waals surface area contributed by atoms with Crippen LogP contribution < -0.4 is 10.1 Å². The zero-order valence-corrected chi connectivity index (χ0v) is 15.1. The molecule has 0 radical (unpaired) electrons. The van der Waals surface area contributed by atoms with E-state index in [-0.39, 0.29) is 18.1 Å². The first-order valence-corrected chi connectivity index (χ1v) is 8.22. The first-order chi connectivity index (χ1) is 11.4. The molecular weight excluding hydrogens is 310 g/mol. The number of methoxy groups -OCH3 is 1. The van der Waals surface area contributed by atoms with E-state index in [4.69, 9.17) is 14.2 Å². The van der Waals surface area contributed by atoms with Crippen molar-refractivity contribution in [2.45, 2.75) is 46.1 Å². The maximum absolute atomic E-state index is 12.5. The van der Waals surface area contributed by atoms with Crippen molar-refractivity contribution in [2.24, 2.45) is 0 Å². The average molecular weight is 337 g/mol. The maximum Gasteiger partial charge on any atom is 0.341 e. The van der Waals surface area contributed by atoms with Gasteiger partial charge in [-0.2, -0.15) is 0 Å². The second-order valence-corrected chi connectivity index (χ2v) is 5.52. The second kappa shape index (κ2) is 9.27. The lowest BCUT2D eigenvalue weighted by molar-refractivity contribution is -0.139. The summed E-state index contributed by atoms with van der Waals surface area (Å²) in [4.78, 5) is 24.6. The second-order valence-electron chi connectivity index (χ2n) is 5.52. The van der Waals surface area contributed by atoms with E-state index >= 15 is 0 Å². The number of hydrogen-bond donors (Lipinski definition) is 1. The molecule has 6 heteroatoms. The van der Waals surface area contributed by atoms with Gasteiger partial charge < -0.3 is 19.5 Å². The van der Waals surface area contributed by atoms with Crippen LogP contribution in [0.4, 0.5) is 5.69 Å². The van der Waals surface area contributed by atoms with E-state index in [2.05, 4.69) is 5.32 Å². The molecule has 0 spiro atoms. The lowest BCUT2D eigenvalue weighted by atomic mass is 10.0. The third-order valence-corrected chi connectivity index (χ3v) is 3.73. The molecule has 0 unspecified atom stereocenters. The number of carbonyl (C=O) groups is 2. The molecule has 1 atom stereocenters. The van der Waals surface area contributed by atoms with Crippen LogP contribution in [-0.4, -0.2) is 37.8 Å². The summed E-state index contributed by atoms with van der Waals surface area (Å²) in [5.41, 5.74) is -0.159. The molecule has 134 valence electrons. The van der Waals surface area contributed by atoms with Gasteiger partial charge in [0.05, 0.1) is 13.7 Å². The molecule has 1 rings (SSSR count). The highest BCUT2D eigenvalue weighted by Gasteiger charge is 2.32. The molecule has 0 saturated carbocycles. The number of anilines is 1. The molecule has 0 heterocycles. The van der Waals surface area contributed by atoms with Gasteiger partial charge in [-0.05, 0) is 44.9 Å². The van der Waals surface area contributed by atoms with Crippen molar-refractivity contribution in [1.82, 2.24) is 0 Å². The standard InChI is InChI=1S/C18H27NO5/c1-6-11-24-18(4,7-2)17(21)19-13-9-10-15(22-5)14(12-13)16(20)23-8-3/h9-10,12H,6-8,11H2,1-5H3,(H,19,21)/t18-/m0/s1. The summed E-state index contributed by atoms with van der Waals surface area (Å²) in [5.74, 6) is -0.351. The van der Waals surface area contributed by atoms with Gasteiger partial charge >= 0.3 is 5.97 Å². The number of carbonyl (C=O) groups excluding carboxylic acids is 2. The quantitative estimate of drug-likeness (QED) is 0.699. The Balaban J connectivity index is 3.00. The predicted octanol–water partition coefficient (Wildman–Crippen LogP) is 3.41. The van der Waals surface area contributed by atoms with Gasteiger partial charge in [0.1, 0.15) is 16.9 Å². The van der Waals surface area contributed by atoms with Crippen molar-refractivity contribution in [3.8, 4) is 5.75 Å². The monoisotopic (exact) mass is 337 g/mol. The first kappa shape index (κ1) is 20.0. The SMILES string of the molecule is CCCO[C@@](C)(CC)C(=O)Nc1ccc(OC)c(C(=O)OCC)c1. The Morgan fingerprint density at radius 3 is 2.46 bits per heavy atom. The van der Waals surface area contributed by atoms with Gasteiger partial charge in [0, 0.05) is 12.3 Å². The van der Waals surface area contributed by atoms with E-state index in [1.807, 2.05) is 13.8 Å². The predicted molar refractivity (Wildman–Crippen MR) is 92.5 cm³/mol. The number of nitrogens with one attached hydrogen (secondary N) is 1. The molecule has 0 aliphatic rings. The van der Waals surface area contributed by atoms with E-state index in [0.29, 0.717) is 24.5 Å². The zero-order valence-electron chi connectivity index (χ0n) is 15.1. The number of esters is 1. The molecule has 1 aromatic rings. The number of amides is 1. The van der Waals surface area contributed by atoms with Crippen LogP contribution in [0.3, 0.4) is 0 Å². The van der Waals surface area contributed by atoms with Crippen LogP contribution >= 0.6 is 0 Å². The lowest BCUT2D eigenvalue weighted by Crippen LogP contribution is -2.42. The highest BCUT2D eigenvalue weighted by molar-refractivity contribution is 5.99. The molecule has 0 fully saturated rings. The number of ether oxygens (including phenoxy) is 3.